The molecule has 0 spiro atoms. The third-order valence-electron chi connectivity index (χ3n) is 3.45. The smallest absolute Gasteiger partial charge is 0.104 e. The summed E-state index contributed by atoms with van der Waals surface area (Å²) in [5, 5.41) is 0. The molecule has 0 N–H and O–H groups in total. The summed E-state index contributed by atoms with van der Waals surface area (Å²) in [4.78, 5) is 2.42. The van der Waals surface area contributed by atoms with E-state index >= 15 is 0 Å². The molecule has 1 fully saturated rings. The average molecular weight is 205 g/mol. The second kappa shape index (κ2) is 4.33. The lowest BCUT2D eigenvalue weighted by Crippen LogP contribution is -2.55. The van der Waals surface area contributed by atoms with E-state index < -0.39 is 0 Å². The van der Waals surface area contributed by atoms with Crippen LogP contribution < -0.4 is 0 Å². The van der Waals surface area contributed by atoms with Gasteiger partial charge in [0.15, 0.2) is 0 Å². The fourth-order valence-corrected chi connectivity index (χ4v) is 2.23. The Kier molecular flexibility index (Phi) is 3.08. The molecular formula is C13H21N2+. The maximum absolute atomic E-state index is 2.42. The van der Waals surface area contributed by atoms with Gasteiger partial charge in [-0.2, -0.15) is 0 Å². The highest BCUT2D eigenvalue weighted by Gasteiger charge is 2.26. The van der Waals surface area contributed by atoms with E-state index in [1.165, 1.54) is 42.8 Å². The maximum atomic E-state index is 2.42. The molecule has 1 aromatic carbocycles. The minimum atomic E-state index is 1.18. The van der Waals surface area contributed by atoms with Crippen LogP contribution in [0.5, 0.6) is 0 Å². The summed E-state index contributed by atoms with van der Waals surface area (Å²) in [6, 6.07) is 10.8. The minimum Gasteiger partial charge on any atom is -0.320 e. The first-order valence-electron chi connectivity index (χ1n) is 5.74. The molecule has 2 rings (SSSR count). The van der Waals surface area contributed by atoms with Crippen molar-refractivity contribution in [2.75, 3.05) is 40.3 Å². The quantitative estimate of drug-likeness (QED) is 0.663. The third-order valence-corrected chi connectivity index (χ3v) is 3.45. The first kappa shape index (κ1) is 10.7. The zero-order valence-corrected chi connectivity index (χ0v) is 9.82. The lowest BCUT2D eigenvalue weighted by molar-refractivity contribution is -0.926. The first-order valence-corrected chi connectivity index (χ1v) is 5.74. The molecule has 0 unspecified atom stereocenters. The van der Waals surface area contributed by atoms with E-state index in [4.69, 9.17) is 0 Å². The predicted molar refractivity (Wildman–Crippen MR) is 63.6 cm³/mol. The van der Waals surface area contributed by atoms with Gasteiger partial charge in [-0.15, -0.1) is 0 Å². The first-order chi connectivity index (χ1) is 7.18. The van der Waals surface area contributed by atoms with Gasteiger partial charge in [-0.1, -0.05) is 30.3 Å². The monoisotopic (exact) mass is 205 g/mol. The highest BCUT2D eigenvalue weighted by atomic mass is 15.4. The molecule has 1 aliphatic rings. The second-order valence-corrected chi connectivity index (χ2v) is 5.01. The third kappa shape index (κ3) is 2.80. The van der Waals surface area contributed by atoms with Crippen LogP contribution in [-0.4, -0.2) is 49.7 Å². The zero-order valence-electron chi connectivity index (χ0n) is 9.82. The van der Waals surface area contributed by atoms with E-state index in [0.717, 1.165) is 0 Å². The number of benzene rings is 1. The number of hydrogen-bond donors (Lipinski definition) is 0. The Balaban J connectivity index is 1.99. The molecule has 0 atom stereocenters. The number of piperazine rings is 1. The van der Waals surface area contributed by atoms with Crippen molar-refractivity contribution in [3.05, 3.63) is 35.9 Å². The molecule has 1 saturated heterocycles. The van der Waals surface area contributed by atoms with Crippen LogP contribution in [0.3, 0.4) is 0 Å². The number of likely N-dealkylation sites (N-methyl/N-ethyl adjacent to an activating group) is 2. The fourth-order valence-electron chi connectivity index (χ4n) is 2.23. The van der Waals surface area contributed by atoms with Crippen LogP contribution in [0.4, 0.5) is 0 Å². The highest BCUT2D eigenvalue weighted by Crippen LogP contribution is 2.14. The largest absolute Gasteiger partial charge is 0.320 e. The van der Waals surface area contributed by atoms with E-state index in [0.29, 0.717) is 0 Å². The molecule has 1 aliphatic heterocycles. The molecule has 1 heterocycles. The summed E-state index contributed by atoms with van der Waals surface area (Å²) in [6.07, 6.45) is 0. The molecule has 82 valence electrons. The van der Waals surface area contributed by atoms with Crippen LogP contribution in [0, 0.1) is 0 Å². The molecule has 0 radical (unpaired) electrons. The van der Waals surface area contributed by atoms with Gasteiger partial charge in [0.25, 0.3) is 0 Å². The van der Waals surface area contributed by atoms with Crippen molar-refractivity contribution in [3.63, 3.8) is 0 Å². The van der Waals surface area contributed by atoms with Gasteiger partial charge in [-0.05, 0) is 7.05 Å². The van der Waals surface area contributed by atoms with Gasteiger partial charge in [0, 0.05) is 18.7 Å². The van der Waals surface area contributed by atoms with Crippen LogP contribution >= 0.6 is 0 Å². The Bertz CT molecular complexity index is 300. The van der Waals surface area contributed by atoms with Crippen LogP contribution in [0.2, 0.25) is 0 Å². The maximum Gasteiger partial charge on any atom is 0.104 e. The number of nitrogens with zero attached hydrogens (tertiary/aromatic N) is 2. The van der Waals surface area contributed by atoms with Crippen LogP contribution in [0.1, 0.15) is 5.56 Å². The van der Waals surface area contributed by atoms with Gasteiger partial charge in [-0.25, -0.2) is 0 Å². The molecule has 15 heavy (non-hydrogen) atoms. The van der Waals surface area contributed by atoms with Gasteiger partial charge in [-0.3, -0.25) is 4.90 Å². The second-order valence-electron chi connectivity index (χ2n) is 5.01. The summed E-state index contributed by atoms with van der Waals surface area (Å²) >= 11 is 0. The Morgan fingerprint density at radius 3 is 2.33 bits per heavy atom. The molecule has 0 bridgehead atoms. The van der Waals surface area contributed by atoms with Crippen molar-refractivity contribution >= 4 is 0 Å². The van der Waals surface area contributed by atoms with Gasteiger partial charge < -0.3 is 4.48 Å². The molecule has 2 heteroatoms. The fraction of sp³-hybridized carbons (Fsp3) is 0.538. The summed E-state index contributed by atoms with van der Waals surface area (Å²) in [6.45, 7) is 6.16. The Morgan fingerprint density at radius 2 is 1.73 bits per heavy atom. The Hall–Kier alpha value is -0.860. The van der Waals surface area contributed by atoms with E-state index in [9.17, 15) is 0 Å². The molecule has 0 aliphatic carbocycles. The molecular weight excluding hydrogens is 184 g/mol. The molecule has 1 aromatic rings. The van der Waals surface area contributed by atoms with Crippen molar-refractivity contribution in [2.45, 2.75) is 6.54 Å². The van der Waals surface area contributed by atoms with Gasteiger partial charge in [0.2, 0.25) is 0 Å². The van der Waals surface area contributed by atoms with Crippen LogP contribution in [-0.2, 0) is 6.54 Å². The molecule has 0 saturated carbocycles. The summed E-state index contributed by atoms with van der Waals surface area (Å²) < 4.78 is 1.19. The molecule has 0 amide bonds. The lowest BCUT2D eigenvalue weighted by atomic mass is 10.1. The topological polar surface area (TPSA) is 3.24 Å². The number of rotatable bonds is 2. The molecule has 0 aromatic heterocycles. The van der Waals surface area contributed by atoms with Gasteiger partial charge in [0.1, 0.15) is 6.54 Å². The highest BCUT2D eigenvalue weighted by molar-refractivity contribution is 5.13. The lowest BCUT2D eigenvalue weighted by Gasteiger charge is -2.41. The predicted octanol–water partition coefficient (Wildman–Crippen LogP) is 1.58. The Morgan fingerprint density at radius 1 is 1.13 bits per heavy atom. The number of quaternary nitrogens is 1. The van der Waals surface area contributed by atoms with Gasteiger partial charge >= 0.3 is 0 Å². The van der Waals surface area contributed by atoms with Crippen molar-refractivity contribution in [2.24, 2.45) is 0 Å². The van der Waals surface area contributed by atoms with Gasteiger partial charge in [0.05, 0.1) is 20.1 Å². The summed E-state index contributed by atoms with van der Waals surface area (Å²) in [5.41, 5.74) is 1.46. The van der Waals surface area contributed by atoms with Crippen molar-refractivity contribution < 1.29 is 4.48 Å². The summed E-state index contributed by atoms with van der Waals surface area (Å²) in [7, 11) is 4.59. The average Bonchev–Trinajstić information content (AvgIpc) is 2.24. The van der Waals surface area contributed by atoms with E-state index in [1.54, 1.807) is 0 Å². The van der Waals surface area contributed by atoms with Crippen LogP contribution in [0.15, 0.2) is 30.3 Å². The Labute approximate surface area is 92.7 Å². The minimum absolute atomic E-state index is 1.18. The van der Waals surface area contributed by atoms with E-state index in [1.807, 2.05) is 0 Å². The van der Waals surface area contributed by atoms with E-state index in [-0.39, 0.29) is 0 Å². The zero-order chi connectivity index (χ0) is 10.7. The van der Waals surface area contributed by atoms with Crippen molar-refractivity contribution in [1.29, 1.82) is 0 Å². The number of hydrogen-bond acceptors (Lipinski definition) is 1. The van der Waals surface area contributed by atoms with Crippen molar-refractivity contribution in [3.8, 4) is 0 Å². The SMILES string of the molecule is CN1CC[N+](C)(Cc2ccccc2)CC1. The van der Waals surface area contributed by atoms with E-state index in [2.05, 4.69) is 49.3 Å². The van der Waals surface area contributed by atoms with Crippen LogP contribution in [0.25, 0.3) is 0 Å². The normalized spacial score (nSPS) is 21.5. The standard InChI is InChI=1S/C13H21N2/c1-14-8-10-15(2,11-9-14)12-13-6-4-3-5-7-13/h3-7H,8-12H2,1-2H3/q+1. The summed E-state index contributed by atoms with van der Waals surface area (Å²) in [5.74, 6) is 0. The molecule has 2 nitrogen and oxygen atoms in total. The van der Waals surface area contributed by atoms with Crippen molar-refractivity contribution in [1.82, 2.24) is 4.90 Å².